The lowest BCUT2D eigenvalue weighted by Crippen LogP contribution is -2.44. The van der Waals surface area contributed by atoms with Crippen molar-refractivity contribution >= 4 is 19.9 Å². The minimum Gasteiger partial charge on any atom is -0.378 e. The van der Waals surface area contributed by atoms with E-state index in [1.807, 2.05) is 6.92 Å². The van der Waals surface area contributed by atoms with Gasteiger partial charge in [-0.2, -0.15) is 12.7 Å². The van der Waals surface area contributed by atoms with Crippen LogP contribution in [0, 0.1) is 0 Å². The molecule has 0 N–H and O–H groups in total. The lowest BCUT2D eigenvalue weighted by molar-refractivity contribution is -0.0296. The van der Waals surface area contributed by atoms with Crippen molar-refractivity contribution in [2.24, 2.45) is 0 Å². The Balaban J connectivity index is 2.58. The Kier molecular flexibility index (Phi) is 3.22. The van der Waals surface area contributed by atoms with Crippen molar-refractivity contribution in [2.45, 2.75) is 25.4 Å². The second kappa shape index (κ2) is 3.73. The zero-order valence-corrected chi connectivity index (χ0v) is 9.36. The molecule has 0 unspecified atom stereocenters. The van der Waals surface area contributed by atoms with E-state index < -0.39 is 9.24 Å². The number of halogens is 1. The molecule has 13 heavy (non-hydrogen) atoms. The van der Waals surface area contributed by atoms with Gasteiger partial charge in [0.1, 0.15) is 0 Å². The molecule has 0 aromatic heterocycles. The summed E-state index contributed by atoms with van der Waals surface area (Å²) in [6.45, 7) is 2.86. The summed E-state index contributed by atoms with van der Waals surface area (Å²) < 4.78 is 28.4. The number of ether oxygens (including phenoxy) is 1. The smallest absolute Gasteiger partial charge is 0.299 e. The Labute approximate surface area is 83.4 Å². The van der Waals surface area contributed by atoms with Crippen LogP contribution in [0.4, 0.5) is 0 Å². The van der Waals surface area contributed by atoms with Crippen LogP contribution in [-0.4, -0.2) is 38.5 Å². The van der Waals surface area contributed by atoms with Crippen molar-refractivity contribution in [1.29, 1.82) is 0 Å². The van der Waals surface area contributed by atoms with Crippen molar-refractivity contribution in [3.8, 4) is 0 Å². The Morgan fingerprint density at radius 2 is 1.85 bits per heavy atom. The molecule has 1 fully saturated rings. The zero-order chi connectivity index (χ0) is 10.1. The highest BCUT2D eigenvalue weighted by Crippen LogP contribution is 2.26. The maximum Gasteiger partial charge on any atom is 0.299 e. The van der Waals surface area contributed by atoms with Crippen LogP contribution in [0.1, 0.15) is 19.8 Å². The van der Waals surface area contributed by atoms with Crippen molar-refractivity contribution in [2.75, 3.05) is 20.2 Å². The minimum absolute atomic E-state index is 0.196. The molecule has 1 aliphatic rings. The SMILES string of the molecule is COC1(C)CCN(S(=O)(=O)Cl)CC1. The normalized spacial score (nSPS) is 24.5. The van der Waals surface area contributed by atoms with Crippen LogP contribution in [-0.2, 0) is 14.0 Å². The number of piperidine rings is 1. The maximum absolute atomic E-state index is 10.9. The summed E-state index contributed by atoms with van der Waals surface area (Å²) in [5, 5.41) is 0. The maximum atomic E-state index is 10.9. The molecule has 1 aliphatic heterocycles. The lowest BCUT2D eigenvalue weighted by Gasteiger charge is -2.36. The first-order valence-corrected chi connectivity index (χ1v) is 6.39. The highest BCUT2D eigenvalue weighted by Gasteiger charge is 2.33. The summed E-state index contributed by atoms with van der Waals surface area (Å²) in [5.41, 5.74) is -0.196. The van der Waals surface area contributed by atoms with Crippen LogP contribution < -0.4 is 0 Å². The van der Waals surface area contributed by atoms with Crippen LogP contribution in [0.5, 0.6) is 0 Å². The van der Waals surface area contributed by atoms with Crippen molar-refractivity contribution < 1.29 is 13.2 Å². The molecule has 1 rings (SSSR count). The van der Waals surface area contributed by atoms with E-state index in [1.54, 1.807) is 7.11 Å². The van der Waals surface area contributed by atoms with Crippen LogP contribution in [0.25, 0.3) is 0 Å². The van der Waals surface area contributed by atoms with Gasteiger partial charge in [-0.15, -0.1) is 0 Å². The average Bonchev–Trinajstić information content (AvgIpc) is 2.04. The number of hydrogen-bond donors (Lipinski definition) is 0. The van der Waals surface area contributed by atoms with E-state index in [1.165, 1.54) is 4.31 Å². The van der Waals surface area contributed by atoms with Crippen LogP contribution >= 0.6 is 10.7 Å². The molecule has 0 atom stereocenters. The monoisotopic (exact) mass is 227 g/mol. The Bertz CT molecular complexity index is 269. The molecule has 0 amide bonds. The van der Waals surface area contributed by atoms with Crippen molar-refractivity contribution in [1.82, 2.24) is 4.31 Å². The second-order valence-electron chi connectivity index (χ2n) is 3.50. The molecule has 0 saturated carbocycles. The van der Waals surface area contributed by atoms with E-state index in [2.05, 4.69) is 0 Å². The molecule has 0 bridgehead atoms. The third-order valence-corrected chi connectivity index (χ3v) is 4.15. The first-order valence-electron chi connectivity index (χ1n) is 4.12. The summed E-state index contributed by atoms with van der Waals surface area (Å²) in [6.07, 6.45) is 1.38. The van der Waals surface area contributed by atoms with Gasteiger partial charge in [0.15, 0.2) is 0 Å². The Morgan fingerprint density at radius 1 is 1.38 bits per heavy atom. The third-order valence-electron chi connectivity index (χ3n) is 2.58. The zero-order valence-electron chi connectivity index (χ0n) is 7.79. The molecule has 1 heterocycles. The predicted molar refractivity (Wildman–Crippen MR) is 51.0 cm³/mol. The molecule has 0 aliphatic carbocycles. The summed E-state index contributed by atoms with van der Waals surface area (Å²) in [4.78, 5) is 0. The van der Waals surface area contributed by atoms with E-state index in [9.17, 15) is 8.42 Å². The molecule has 1 saturated heterocycles. The van der Waals surface area contributed by atoms with Gasteiger partial charge in [0.05, 0.1) is 5.60 Å². The topological polar surface area (TPSA) is 46.6 Å². The van der Waals surface area contributed by atoms with Gasteiger partial charge in [-0.1, -0.05) is 0 Å². The quantitative estimate of drug-likeness (QED) is 0.661. The molecule has 4 nitrogen and oxygen atoms in total. The number of methoxy groups -OCH3 is 1. The summed E-state index contributed by atoms with van der Waals surface area (Å²) in [7, 11) is 3.32. The van der Waals surface area contributed by atoms with Gasteiger partial charge in [-0.25, -0.2) is 0 Å². The van der Waals surface area contributed by atoms with Gasteiger partial charge < -0.3 is 4.74 Å². The first-order chi connectivity index (χ1) is 5.87. The standard InChI is InChI=1S/C7H14ClNO3S/c1-7(12-2)3-5-9(6-4-7)13(8,10)11/h3-6H2,1-2H3. The fraction of sp³-hybridized carbons (Fsp3) is 1.00. The Hall–Kier alpha value is 0.160. The highest BCUT2D eigenvalue weighted by molar-refractivity contribution is 8.11. The molecular formula is C7H14ClNO3S. The van der Waals surface area contributed by atoms with Gasteiger partial charge in [0, 0.05) is 30.9 Å². The molecule has 78 valence electrons. The Morgan fingerprint density at radius 3 is 2.15 bits per heavy atom. The second-order valence-corrected chi connectivity index (χ2v) is 6.01. The van der Waals surface area contributed by atoms with Gasteiger partial charge in [0.25, 0.3) is 9.24 Å². The third kappa shape index (κ3) is 2.80. The molecule has 0 aromatic rings. The van der Waals surface area contributed by atoms with Crippen molar-refractivity contribution in [3.05, 3.63) is 0 Å². The molecule has 0 spiro atoms. The molecule has 0 radical (unpaired) electrons. The molecular weight excluding hydrogens is 214 g/mol. The van der Waals surface area contributed by atoms with Crippen LogP contribution in [0.3, 0.4) is 0 Å². The fourth-order valence-corrected chi connectivity index (χ4v) is 2.41. The number of nitrogens with zero attached hydrogens (tertiary/aromatic N) is 1. The average molecular weight is 228 g/mol. The predicted octanol–water partition coefficient (Wildman–Crippen LogP) is 0.971. The number of hydrogen-bond acceptors (Lipinski definition) is 3. The number of rotatable bonds is 2. The van der Waals surface area contributed by atoms with Gasteiger partial charge in [-0.05, 0) is 19.8 Å². The van der Waals surface area contributed by atoms with E-state index in [4.69, 9.17) is 15.4 Å². The minimum atomic E-state index is -3.53. The van der Waals surface area contributed by atoms with E-state index in [-0.39, 0.29) is 5.60 Å². The summed E-state index contributed by atoms with van der Waals surface area (Å²) in [6, 6.07) is 0. The lowest BCUT2D eigenvalue weighted by atomic mass is 9.95. The molecule has 0 aromatic carbocycles. The van der Waals surface area contributed by atoms with Gasteiger partial charge in [-0.3, -0.25) is 0 Å². The summed E-state index contributed by atoms with van der Waals surface area (Å²) >= 11 is 0. The van der Waals surface area contributed by atoms with Crippen molar-refractivity contribution in [3.63, 3.8) is 0 Å². The first kappa shape index (κ1) is 11.2. The van der Waals surface area contributed by atoms with Crippen LogP contribution in [0.15, 0.2) is 0 Å². The summed E-state index contributed by atoms with van der Waals surface area (Å²) in [5.74, 6) is 0. The fourth-order valence-electron chi connectivity index (χ4n) is 1.38. The van der Waals surface area contributed by atoms with Gasteiger partial charge >= 0.3 is 0 Å². The van der Waals surface area contributed by atoms with Gasteiger partial charge in [0.2, 0.25) is 0 Å². The highest BCUT2D eigenvalue weighted by atomic mass is 35.7. The van der Waals surface area contributed by atoms with Crippen LogP contribution in [0.2, 0.25) is 0 Å². The largest absolute Gasteiger partial charge is 0.378 e. The van der Waals surface area contributed by atoms with E-state index in [0.717, 1.165) is 0 Å². The van der Waals surface area contributed by atoms with E-state index in [0.29, 0.717) is 25.9 Å². The van der Waals surface area contributed by atoms with E-state index >= 15 is 0 Å². The molecule has 6 heteroatoms.